The van der Waals surface area contributed by atoms with Crippen LogP contribution in [0.1, 0.15) is 12.5 Å². The molecule has 90 valence electrons. The maximum Gasteiger partial charge on any atom is 1.00 e. The van der Waals surface area contributed by atoms with Crippen LogP contribution in [0.4, 0.5) is 0 Å². The van der Waals surface area contributed by atoms with Crippen LogP contribution in [0.3, 0.4) is 0 Å². The van der Waals surface area contributed by atoms with Crippen molar-refractivity contribution in [3.63, 3.8) is 0 Å². The molecule has 0 amide bonds. The quantitative estimate of drug-likeness (QED) is 0.426. The molecule has 2 rings (SSSR count). The normalized spacial score (nSPS) is 11.5. The van der Waals surface area contributed by atoms with Crippen molar-refractivity contribution in [1.82, 2.24) is 0 Å². The molecule has 0 bridgehead atoms. The van der Waals surface area contributed by atoms with E-state index in [1.54, 1.807) is 13.0 Å². The topological polar surface area (TPSA) is 40.1 Å². The van der Waals surface area contributed by atoms with Gasteiger partial charge in [-0.05, 0) is 41.0 Å². The minimum absolute atomic E-state index is 0. The van der Waals surface area contributed by atoms with Crippen molar-refractivity contribution in [3.05, 3.63) is 65.8 Å². The summed E-state index contributed by atoms with van der Waals surface area (Å²) >= 11 is 0. The monoisotopic (exact) mass is 260 g/mol. The van der Waals surface area contributed by atoms with Gasteiger partial charge in [0.1, 0.15) is 0 Å². The fourth-order valence-corrected chi connectivity index (χ4v) is 1.77. The maximum absolute atomic E-state index is 10.4. The number of carbonyl (C=O) groups excluding carboxylic acids is 1. The van der Waals surface area contributed by atoms with Crippen LogP contribution in [0.15, 0.2) is 60.2 Å². The van der Waals surface area contributed by atoms with E-state index < -0.39 is 5.97 Å². The summed E-state index contributed by atoms with van der Waals surface area (Å²) in [7, 11) is 0. The third-order valence-electron chi connectivity index (χ3n) is 2.66. The van der Waals surface area contributed by atoms with Gasteiger partial charge in [0.25, 0.3) is 0 Å². The van der Waals surface area contributed by atoms with E-state index in [1.165, 1.54) is 10.8 Å². The van der Waals surface area contributed by atoms with E-state index in [-0.39, 0.29) is 29.6 Å². The Bertz CT molecular complexity index is 642. The summed E-state index contributed by atoms with van der Waals surface area (Å²) in [4.78, 5) is 10.4. The van der Waals surface area contributed by atoms with Crippen molar-refractivity contribution in [2.75, 3.05) is 0 Å². The molecule has 2 aromatic carbocycles. The first-order chi connectivity index (χ1) is 8.65. The zero-order chi connectivity index (χ0) is 13.0. The second kappa shape index (κ2) is 7.29. The van der Waals surface area contributed by atoms with Crippen molar-refractivity contribution < 1.29 is 39.5 Å². The fraction of sp³-hybridized carbons (Fsp3) is 0.0625. The number of benzene rings is 2. The second-order valence-corrected chi connectivity index (χ2v) is 4.15. The van der Waals surface area contributed by atoms with Crippen LogP contribution in [0.25, 0.3) is 16.8 Å². The molecule has 3 heteroatoms. The minimum Gasteiger partial charge on any atom is -0.545 e. The van der Waals surface area contributed by atoms with Crippen molar-refractivity contribution >= 4 is 22.8 Å². The molecule has 0 radical (unpaired) electrons. The Balaban J connectivity index is 0.00000180. The van der Waals surface area contributed by atoms with Gasteiger partial charge in [-0.2, -0.15) is 0 Å². The molecule has 0 aliphatic carbocycles. The Morgan fingerprint density at radius 2 is 1.79 bits per heavy atom. The minimum atomic E-state index is -1.17. The van der Waals surface area contributed by atoms with E-state index in [2.05, 4.69) is 18.2 Å². The van der Waals surface area contributed by atoms with Gasteiger partial charge >= 0.3 is 29.6 Å². The number of aliphatic carboxylic acids is 1. The molecule has 2 nitrogen and oxygen atoms in total. The number of allylic oxidation sites excluding steroid dienone is 2. The maximum atomic E-state index is 10.4. The summed E-state index contributed by atoms with van der Waals surface area (Å²) in [6.07, 6.45) is 4.73. The summed E-state index contributed by atoms with van der Waals surface area (Å²) in [5, 5.41) is 12.7. The molecule has 0 saturated carbocycles. The van der Waals surface area contributed by atoms with Gasteiger partial charge in [0.05, 0.1) is 5.97 Å². The largest absolute Gasteiger partial charge is 1.00 e. The molecule has 0 aliphatic heterocycles. The van der Waals surface area contributed by atoms with Gasteiger partial charge in [-0.1, -0.05) is 48.6 Å². The van der Waals surface area contributed by atoms with E-state index in [4.69, 9.17) is 0 Å². The number of rotatable bonds is 3. The van der Waals surface area contributed by atoms with E-state index in [9.17, 15) is 9.90 Å². The summed E-state index contributed by atoms with van der Waals surface area (Å²) in [5.41, 5.74) is 1.70. The van der Waals surface area contributed by atoms with Crippen molar-refractivity contribution in [1.29, 1.82) is 0 Å². The smallest absolute Gasteiger partial charge is 0.545 e. The zero-order valence-electron chi connectivity index (χ0n) is 11.1. The van der Waals surface area contributed by atoms with Gasteiger partial charge in [0, 0.05) is 0 Å². The van der Waals surface area contributed by atoms with E-state index in [0.29, 0.717) is 5.57 Å². The molecule has 2 aromatic rings. The molecule has 0 N–H and O–H groups in total. The first kappa shape index (κ1) is 15.7. The van der Waals surface area contributed by atoms with Crippen LogP contribution >= 0.6 is 0 Å². The molecular formula is C16H13NaO2. The second-order valence-electron chi connectivity index (χ2n) is 4.15. The average Bonchev–Trinajstić information content (AvgIpc) is 2.35. The molecule has 0 spiro atoms. The Morgan fingerprint density at radius 3 is 2.47 bits per heavy atom. The summed E-state index contributed by atoms with van der Waals surface area (Å²) in [6, 6.07) is 14.2. The molecule has 0 heterocycles. The standard InChI is InChI=1S/C16H14O2.Na/c1-12(10-16(17)18)6-7-13-8-9-14-4-2-3-5-15(14)11-13;/h2-11H,1H3,(H,17,18);/q;+1/p-1/b7-6+,12-10-;. The Hall–Kier alpha value is -1.35. The predicted molar refractivity (Wildman–Crippen MR) is 71.7 cm³/mol. The number of carboxylic acids is 1. The van der Waals surface area contributed by atoms with Crippen LogP contribution < -0.4 is 34.7 Å². The van der Waals surface area contributed by atoms with Crippen LogP contribution in [0.5, 0.6) is 0 Å². The Morgan fingerprint density at radius 1 is 1.11 bits per heavy atom. The van der Waals surface area contributed by atoms with E-state index >= 15 is 0 Å². The molecule has 0 aliphatic rings. The van der Waals surface area contributed by atoms with Crippen molar-refractivity contribution in [2.24, 2.45) is 0 Å². The Labute approximate surface area is 134 Å². The molecular weight excluding hydrogens is 247 g/mol. The number of fused-ring (bicyclic) bond motifs is 1. The predicted octanol–water partition coefficient (Wildman–Crippen LogP) is -0.447. The number of carboxylic acid groups (broad SMARTS) is 1. The van der Waals surface area contributed by atoms with Gasteiger partial charge in [-0.15, -0.1) is 0 Å². The zero-order valence-corrected chi connectivity index (χ0v) is 13.1. The van der Waals surface area contributed by atoms with Gasteiger partial charge in [-0.3, -0.25) is 0 Å². The number of hydrogen-bond acceptors (Lipinski definition) is 2. The summed E-state index contributed by atoms with van der Waals surface area (Å²) < 4.78 is 0. The van der Waals surface area contributed by atoms with Crippen LogP contribution in [-0.2, 0) is 4.79 Å². The molecule has 0 saturated heterocycles. The van der Waals surface area contributed by atoms with Crippen LogP contribution in [-0.4, -0.2) is 5.97 Å². The summed E-state index contributed by atoms with van der Waals surface area (Å²) in [6.45, 7) is 1.73. The SMILES string of the molecule is CC(=C/C(=O)[O-])/C=C/c1ccc2ccccc2c1.[Na+]. The van der Waals surface area contributed by atoms with Crippen molar-refractivity contribution in [3.8, 4) is 0 Å². The van der Waals surface area contributed by atoms with Crippen LogP contribution in [0.2, 0.25) is 0 Å². The molecule has 0 unspecified atom stereocenters. The first-order valence-corrected chi connectivity index (χ1v) is 5.71. The van der Waals surface area contributed by atoms with Crippen molar-refractivity contribution in [2.45, 2.75) is 6.92 Å². The molecule has 0 fully saturated rings. The van der Waals surface area contributed by atoms with Gasteiger partial charge in [-0.25, -0.2) is 0 Å². The third kappa shape index (κ3) is 4.67. The number of carbonyl (C=O) groups is 1. The molecule has 0 aromatic heterocycles. The van der Waals surface area contributed by atoms with Crippen LogP contribution in [0, 0.1) is 0 Å². The van der Waals surface area contributed by atoms with E-state index in [0.717, 1.165) is 11.6 Å². The first-order valence-electron chi connectivity index (χ1n) is 5.71. The van der Waals surface area contributed by atoms with Gasteiger partial charge < -0.3 is 9.90 Å². The van der Waals surface area contributed by atoms with Gasteiger partial charge in [0.15, 0.2) is 0 Å². The average molecular weight is 260 g/mol. The summed E-state index contributed by atoms with van der Waals surface area (Å²) in [5.74, 6) is -1.17. The van der Waals surface area contributed by atoms with Gasteiger partial charge in [0.2, 0.25) is 0 Å². The molecule has 0 atom stereocenters. The molecule has 19 heavy (non-hydrogen) atoms. The number of hydrogen-bond donors (Lipinski definition) is 0. The van der Waals surface area contributed by atoms with E-state index in [1.807, 2.05) is 30.3 Å². The Kier molecular flexibility index (Phi) is 6.03. The third-order valence-corrected chi connectivity index (χ3v) is 2.66. The fourth-order valence-electron chi connectivity index (χ4n) is 1.77.